The Morgan fingerprint density at radius 2 is 1.88 bits per heavy atom. The maximum Gasteiger partial charge on any atom is 0.250 e. The minimum Gasteiger partial charge on any atom is -0.543 e. The van der Waals surface area contributed by atoms with E-state index in [1.165, 1.54) is 0 Å². The van der Waals surface area contributed by atoms with E-state index in [2.05, 4.69) is 49.8 Å². The molecule has 4 heteroatoms. The molecule has 0 heterocycles. The highest BCUT2D eigenvalue weighted by molar-refractivity contribution is 9.10. The van der Waals surface area contributed by atoms with Gasteiger partial charge in [0.2, 0.25) is 0 Å². The molecule has 0 N–H and O–H groups in total. The van der Waals surface area contributed by atoms with Crippen LogP contribution in [-0.2, 0) is 0 Å². The molecule has 2 nitrogen and oxygen atoms in total. The molecule has 0 unspecified atom stereocenters. The first-order chi connectivity index (χ1) is 7.67. The summed E-state index contributed by atoms with van der Waals surface area (Å²) in [5.41, 5.74) is 0.641. The summed E-state index contributed by atoms with van der Waals surface area (Å²) < 4.78 is 7.07. The van der Waals surface area contributed by atoms with Gasteiger partial charge in [0, 0.05) is 5.56 Å². The van der Waals surface area contributed by atoms with Gasteiger partial charge in [-0.25, -0.2) is 0 Å². The minimum absolute atomic E-state index is 0.142. The van der Waals surface area contributed by atoms with Gasteiger partial charge in [-0.15, -0.1) is 0 Å². The molecule has 1 rings (SSSR count). The van der Waals surface area contributed by atoms with E-state index in [0.717, 1.165) is 16.5 Å². The average molecular weight is 315 g/mol. The van der Waals surface area contributed by atoms with E-state index in [1.54, 1.807) is 12.1 Å². The van der Waals surface area contributed by atoms with Crippen molar-refractivity contribution in [1.29, 1.82) is 0 Å². The van der Waals surface area contributed by atoms with Crippen LogP contribution in [0, 0.1) is 0 Å². The molecule has 0 bridgehead atoms. The van der Waals surface area contributed by atoms with Crippen molar-refractivity contribution >= 4 is 30.5 Å². The van der Waals surface area contributed by atoms with Crippen molar-refractivity contribution in [3.8, 4) is 5.75 Å². The van der Waals surface area contributed by atoms with Crippen LogP contribution in [0.2, 0.25) is 18.1 Å². The molecule has 0 fully saturated rings. The van der Waals surface area contributed by atoms with Gasteiger partial charge in [-0.1, -0.05) is 26.8 Å². The molecule has 94 valence electrons. The van der Waals surface area contributed by atoms with Crippen molar-refractivity contribution in [1.82, 2.24) is 0 Å². The zero-order valence-corrected chi connectivity index (χ0v) is 13.6. The third-order valence-electron chi connectivity index (χ3n) is 3.26. The summed E-state index contributed by atoms with van der Waals surface area (Å²) >= 11 is 3.46. The van der Waals surface area contributed by atoms with Crippen LogP contribution >= 0.6 is 15.9 Å². The van der Waals surface area contributed by atoms with Gasteiger partial charge in [-0.05, 0) is 46.2 Å². The maximum absolute atomic E-state index is 10.8. The largest absolute Gasteiger partial charge is 0.543 e. The molecule has 0 aliphatic carbocycles. The predicted molar refractivity (Wildman–Crippen MR) is 77.4 cm³/mol. The summed E-state index contributed by atoms with van der Waals surface area (Å²) in [4.78, 5) is 10.8. The smallest absolute Gasteiger partial charge is 0.250 e. The molecule has 0 aliphatic heterocycles. The first-order valence-corrected chi connectivity index (χ1v) is 9.31. The summed E-state index contributed by atoms with van der Waals surface area (Å²) in [6.45, 7) is 10.9. The number of hydrogen-bond acceptors (Lipinski definition) is 2. The fourth-order valence-corrected chi connectivity index (χ4v) is 2.60. The Labute approximate surface area is 113 Å². The topological polar surface area (TPSA) is 26.3 Å². The third kappa shape index (κ3) is 3.42. The van der Waals surface area contributed by atoms with Crippen molar-refractivity contribution < 1.29 is 9.22 Å². The zero-order chi connectivity index (χ0) is 13.3. The number of benzene rings is 1. The molecule has 0 amide bonds. The van der Waals surface area contributed by atoms with E-state index in [4.69, 9.17) is 4.43 Å². The highest BCUT2D eigenvalue weighted by atomic mass is 79.9. The maximum atomic E-state index is 10.8. The second-order valence-corrected chi connectivity index (χ2v) is 11.2. The van der Waals surface area contributed by atoms with E-state index in [-0.39, 0.29) is 5.04 Å². The van der Waals surface area contributed by atoms with Crippen molar-refractivity contribution in [3.63, 3.8) is 0 Å². The fraction of sp³-hybridized carbons (Fsp3) is 0.462. The van der Waals surface area contributed by atoms with Crippen molar-refractivity contribution in [2.24, 2.45) is 0 Å². The molecule has 0 saturated heterocycles. The van der Waals surface area contributed by atoms with Crippen LogP contribution in [-0.4, -0.2) is 14.6 Å². The highest BCUT2D eigenvalue weighted by Crippen LogP contribution is 2.39. The monoisotopic (exact) mass is 314 g/mol. The van der Waals surface area contributed by atoms with Crippen LogP contribution in [0.3, 0.4) is 0 Å². The Morgan fingerprint density at radius 3 is 2.35 bits per heavy atom. The zero-order valence-electron chi connectivity index (χ0n) is 11.0. The van der Waals surface area contributed by atoms with Crippen LogP contribution in [0.15, 0.2) is 22.7 Å². The summed E-state index contributed by atoms with van der Waals surface area (Å²) in [5.74, 6) is 0.765. The number of carbonyl (C=O) groups excluding carboxylic acids is 1. The lowest BCUT2D eigenvalue weighted by molar-refractivity contribution is 0.112. The van der Waals surface area contributed by atoms with E-state index in [9.17, 15) is 4.79 Å². The molecule has 1 aromatic carbocycles. The molecule has 0 aromatic heterocycles. The SMILES string of the molecule is CC(C)(C)[Si](C)(C)Oc1cc(C=O)ccc1Br. The van der Waals surface area contributed by atoms with Gasteiger partial charge < -0.3 is 4.43 Å². The molecular weight excluding hydrogens is 296 g/mol. The lowest BCUT2D eigenvalue weighted by atomic mass is 10.2. The standard InChI is InChI=1S/C13H19BrO2Si/c1-13(2,3)17(4,5)16-12-8-10(9-15)6-7-11(12)14/h6-9H,1-5H3. The van der Waals surface area contributed by atoms with Crippen LogP contribution in [0.5, 0.6) is 5.75 Å². The van der Waals surface area contributed by atoms with Gasteiger partial charge in [-0.2, -0.15) is 0 Å². The Hall–Kier alpha value is -0.613. The lowest BCUT2D eigenvalue weighted by Crippen LogP contribution is -2.43. The summed E-state index contributed by atoms with van der Waals surface area (Å²) in [6, 6.07) is 5.42. The van der Waals surface area contributed by atoms with E-state index < -0.39 is 8.32 Å². The minimum atomic E-state index is -1.86. The quantitative estimate of drug-likeness (QED) is 0.600. The molecule has 0 aliphatic rings. The molecule has 17 heavy (non-hydrogen) atoms. The first-order valence-electron chi connectivity index (χ1n) is 5.61. The molecule has 0 saturated carbocycles. The van der Waals surface area contributed by atoms with Gasteiger partial charge >= 0.3 is 0 Å². The summed E-state index contributed by atoms with van der Waals surface area (Å²) in [7, 11) is -1.86. The van der Waals surface area contributed by atoms with Crippen molar-refractivity contribution in [3.05, 3.63) is 28.2 Å². The summed E-state index contributed by atoms with van der Waals surface area (Å²) in [5, 5.41) is 0.142. The second kappa shape index (κ2) is 4.94. The van der Waals surface area contributed by atoms with E-state index in [0.29, 0.717) is 5.56 Å². The number of rotatable bonds is 3. The first kappa shape index (κ1) is 14.4. The van der Waals surface area contributed by atoms with Crippen molar-refractivity contribution in [2.45, 2.75) is 38.9 Å². The molecule has 0 atom stereocenters. The van der Waals surface area contributed by atoms with Crippen LogP contribution in [0.1, 0.15) is 31.1 Å². The van der Waals surface area contributed by atoms with Crippen LogP contribution < -0.4 is 4.43 Å². The third-order valence-corrected chi connectivity index (χ3v) is 8.26. The molecular formula is C13H19BrO2Si. The van der Waals surface area contributed by atoms with Gasteiger partial charge in [0.15, 0.2) is 0 Å². The normalized spacial score (nSPS) is 12.4. The number of aldehydes is 1. The van der Waals surface area contributed by atoms with Gasteiger partial charge in [0.25, 0.3) is 8.32 Å². The van der Waals surface area contributed by atoms with Gasteiger partial charge in [0.1, 0.15) is 12.0 Å². The Bertz CT molecular complexity index is 422. The number of carbonyl (C=O) groups is 1. The van der Waals surface area contributed by atoms with Gasteiger partial charge in [-0.3, -0.25) is 4.79 Å². The second-order valence-electron chi connectivity index (χ2n) is 5.67. The number of hydrogen-bond donors (Lipinski definition) is 0. The Morgan fingerprint density at radius 1 is 1.29 bits per heavy atom. The highest BCUT2D eigenvalue weighted by Gasteiger charge is 2.39. The fourth-order valence-electron chi connectivity index (χ4n) is 1.10. The lowest BCUT2D eigenvalue weighted by Gasteiger charge is -2.36. The average Bonchev–Trinajstić information content (AvgIpc) is 2.19. The molecule has 1 aromatic rings. The van der Waals surface area contributed by atoms with Crippen LogP contribution in [0.4, 0.5) is 0 Å². The van der Waals surface area contributed by atoms with Crippen molar-refractivity contribution in [2.75, 3.05) is 0 Å². The van der Waals surface area contributed by atoms with E-state index >= 15 is 0 Å². The molecule has 0 radical (unpaired) electrons. The summed E-state index contributed by atoms with van der Waals surface area (Å²) in [6.07, 6.45) is 0.838. The van der Waals surface area contributed by atoms with Gasteiger partial charge in [0.05, 0.1) is 4.47 Å². The Kier molecular flexibility index (Phi) is 4.20. The van der Waals surface area contributed by atoms with Crippen LogP contribution in [0.25, 0.3) is 0 Å². The van der Waals surface area contributed by atoms with E-state index in [1.807, 2.05) is 6.07 Å². The predicted octanol–water partition coefficient (Wildman–Crippen LogP) is 4.65. The molecule has 0 spiro atoms. The Balaban J connectivity index is 3.06. The number of halogens is 1.